The molecule has 1 aromatic carbocycles. The van der Waals surface area contributed by atoms with Crippen molar-refractivity contribution in [3.8, 4) is 0 Å². The molecule has 0 bridgehead atoms. The van der Waals surface area contributed by atoms with Gasteiger partial charge < -0.3 is 9.84 Å². The highest BCUT2D eigenvalue weighted by molar-refractivity contribution is 7.89. The molecule has 1 aromatic rings. The molecule has 1 aliphatic rings. The summed E-state index contributed by atoms with van der Waals surface area (Å²) in [5.74, 6) is -0.794. The van der Waals surface area contributed by atoms with Crippen LogP contribution in [0.25, 0.3) is 0 Å². The predicted octanol–water partition coefficient (Wildman–Crippen LogP) is 2.93. The number of rotatable bonds is 5. The van der Waals surface area contributed by atoms with E-state index in [-0.39, 0.29) is 22.6 Å². The van der Waals surface area contributed by atoms with Crippen molar-refractivity contribution < 1.29 is 23.1 Å². The van der Waals surface area contributed by atoms with Crippen LogP contribution in [0.3, 0.4) is 0 Å². The Morgan fingerprint density at radius 2 is 1.92 bits per heavy atom. The third kappa shape index (κ3) is 3.72. The Hall–Kier alpha value is -1.86. The lowest BCUT2D eigenvalue weighted by molar-refractivity contribution is -0.137. The van der Waals surface area contributed by atoms with Crippen molar-refractivity contribution in [2.45, 2.75) is 57.0 Å². The van der Waals surface area contributed by atoms with Crippen LogP contribution >= 0.6 is 0 Å². The summed E-state index contributed by atoms with van der Waals surface area (Å²) in [6, 6.07) is 5.41. The third-order valence-electron chi connectivity index (χ3n) is 4.52. The highest BCUT2D eigenvalue weighted by atomic mass is 32.2. The molecule has 0 saturated carbocycles. The number of ether oxygens (including phenoxy) is 1. The maximum Gasteiger partial charge on any atom is 0.338 e. The van der Waals surface area contributed by atoms with Gasteiger partial charge in [0, 0.05) is 12.5 Å². The molecule has 0 aliphatic carbocycles. The predicted molar refractivity (Wildman–Crippen MR) is 94.6 cm³/mol. The molecule has 7 heteroatoms. The van der Waals surface area contributed by atoms with Crippen LogP contribution in [0.4, 0.5) is 0 Å². The zero-order chi connectivity index (χ0) is 18.8. The van der Waals surface area contributed by atoms with Crippen LogP contribution in [-0.4, -0.2) is 43.0 Å². The Morgan fingerprint density at radius 3 is 2.44 bits per heavy atom. The first-order valence-corrected chi connectivity index (χ1v) is 9.78. The average molecular weight is 367 g/mol. The molecule has 0 unspecified atom stereocenters. The third-order valence-corrected chi connectivity index (χ3v) is 6.56. The molecule has 1 heterocycles. The fourth-order valence-electron chi connectivity index (χ4n) is 3.30. The van der Waals surface area contributed by atoms with Crippen molar-refractivity contribution in [2.75, 3.05) is 7.11 Å². The Morgan fingerprint density at radius 1 is 1.32 bits per heavy atom. The van der Waals surface area contributed by atoms with Crippen LogP contribution in [0.5, 0.6) is 0 Å². The lowest BCUT2D eigenvalue weighted by Crippen LogP contribution is -2.51. The van der Waals surface area contributed by atoms with Crippen molar-refractivity contribution in [3.63, 3.8) is 0 Å². The van der Waals surface area contributed by atoms with Crippen molar-refractivity contribution >= 4 is 16.0 Å². The minimum atomic E-state index is -3.82. The van der Waals surface area contributed by atoms with E-state index >= 15 is 0 Å². The van der Waals surface area contributed by atoms with E-state index in [1.165, 1.54) is 11.4 Å². The summed E-state index contributed by atoms with van der Waals surface area (Å²) in [5.41, 5.74) is 0.967. The molecular formula is C18H25NO5S. The number of hydrogen-bond donors (Lipinski definition) is 1. The summed E-state index contributed by atoms with van der Waals surface area (Å²) in [7, 11) is -2.60. The van der Waals surface area contributed by atoms with Crippen LogP contribution in [0.15, 0.2) is 40.5 Å². The van der Waals surface area contributed by atoms with Gasteiger partial charge in [0.1, 0.15) is 5.76 Å². The van der Waals surface area contributed by atoms with Gasteiger partial charge in [0.25, 0.3) is 0 Å². The zero-order valence-electron chi connectivity index (χ0n) is 15.0. The van der Waals surface area contributed by atoms with E-state index in [0.29, 0.717) is 6.42 Å². The molecule has 0 spiro atoms. The van der Waals surface area contributed by atoms with E-state index in [4.69, 9.17) is 4.74 Å². The van der Waals surface area contributed by atoms with Gasteiger partial charge in [-0.1, -0.05) is 31.0 Å². The van der Waals surface area contributed by atoms with E-state index in [2.05, 4.69) is 0 Å². The second-order valence-electron chi connectivity index (χ2n) is 6.32. The number of benzene rings is 1. The molecule has 0 radical (unpaired) electrons. The van der Waals surface area contributed by atoms with Gasteiger partial charge in [-0.25, -0.2) is 13.2 Å². The van der Waals surface area contributed by atoms with Crippen LogP contribution < -0.4 is 0 Å². The number of methoxy groups -OCH3 is 1. The topological polar surface area (TPSA) is 83.9 Å². The van der Waals surface area contributed by atoms with Gasteiger partial charge in [-0.2, -0.15) is 4.31 Å². The van der Waals surface area contributed by atoms with E-state index in [9.17, 15) is 18.3 Å². The summed E-state index contributed by atoms with van der Waals surface area (Å²) in [5, 5.41) is 10.3. The molecule has 138 valence electrons. The fraction of sp³-hybridized carbons (Fsp3) is 0.500. The molecule has 0 fully saturated rings. The van der Waals surface area contributed by atoms with Gasteiger partial charge in [-0.3, -0.25) is 0 Å². The molecule has 2 rings (SSSR count). The minimum absolute atomic E-state index is 0.00513. The molecule has 25 heavy (non-hydrogen) atoms. The van der Waals surface area contributed by atoms with Gasteiger partial charge in [0.05, 0.1) is 23.6 Å². The standard InChI is InChI=1S/C18H25NO5S/c1-5-6-14-11-16(20)17(18(21)24-4)13(3)19(14)25(22,23)15-9-7-12(2)8-10-15/h7-10,13-14,20H,5-6,11H2,1-4H3/t13-,14+/m0/s1. The summed E-state index contributed by atoms with van der Waals surface area (Å²) in [6.07, 6.45) is 1.46. The number of aliphatic hydroxyl groups is 1. The Bertz CT molecular complexity index is 767. The second kappa shape index (κ2) is 7.58. The van der Waals surface area contributed by atoms with Crippen molar-refractivity contribution in [3.05, 3.63) is 41.2 Å². The monoisotopic (exact) mass is 367 g/mol. The van der Waals surface area contributed by atoms with Gasteiger partial charge in [-0.15, -0.1) is 0 Å². The number of aryl methyl sites for hydroxylation is 1. The molecule has 1 N–H and O–H groups in total. The van der Waals surface area contributed by atoms with E-state index in [1.807, 2.05) is 13.8 Å². The maximum atomic E-state index is 13.2. The van der Waals surface area contributed by atoms with Gasteiger partial charge in [0.15, 0.2) is 0 Å². The van der Waals surface area contributed by atoms with E-state index < -0.39 is 28.1 Å². The molecule has 0 amide bonds. The zero-order valence-corrected chi connectivity index (χ0v) is 15.8. The molecule has 1 aliphatic heterocycles. The van der Waals surface area contributed by atoms with Crippen LogP contribution in [-0.2, 0) is 19.6 Å². The minimum Gasteiger partial charge on any atom is -0.512 e. The van der Waals surface area contributed by atoms with Crippen molar-refractivity contribution in [2.24, 2.45) is 0 Å². The highest BCUT2D eigenvalue weighted by Crippen LogP contribution is 2.35. The number of hydrogen-bond acceptors (Lipinski definition) is 5. The largest absolute Gasteiger partial charge is 0.512 e. The number of aliphatic hydroxyl groups excluding tert-OH is 1. The summed E-state index contributed by atoms with van der Waals surface area (Å²) >= 11 is 0. The van der Waals surface area contributed by atoms with Crippen molar-refractivity contribution in [1.82, 2.24) is 4.31 Å². The second-order valence-corrected chi connectivity index (χ2v) is 8.17. The molecular weight excluding hydrogens is 342 g/mol. The number of carbonyl (C=O) groups is 1. The average Bonchev–Trinajstić information content (AvgIpc) is 2.54. The van der Waals surface area contributed by atoms with Crippen molar-refractivity contribution in [1.29, 1.82) is 0 Å². The van der Waals surface area contributed by atoms with Gasteiger partial charge in [-0.05, 0) is 32.4 Å². The summed E-state index contributed by atoms with van der Waals surface area (Å²) in [4.78, 5) is 12.2. The first-order valence-electron chi connectivity index (χ1n) is 8.34. The lowest BCUT2D eigenvalue weighted by Gasteiger charge is -2.39. The van der Waals surface area contributed by atoms with E-state index in [0.717, 1.165) is 12.0 Å². The Labute approximate surface area is 149 Å². The van der Waals surface area contributed by atoms with E-state index in [1.54, 1.807) is 31.2 Å². The molecule has 0 saturated heterocycles. The maximum absolute atomic E-state index is 13.2. The molecule has 2 atom stereocenters. The highest BCUT2D eigenvalue weighted by Gasteiger charge is 2.43. The smallest absolute Gasteiger partial charge is 0.338 e. The van der Waals surface area contributed by atoms with Gasteiger partial charge in [0.2, 0.25) is 10.0 Å². The van der Waals surface area contributed by atoms with Crippen LogP contribution in [0.2, 0.25) is 0 Å². The SMILES string of the molecule is CCC[C@@H]1CC(O)=C(C(=O)OC)[C@H](C)N1S(=O)(=O)c1ccc(C)cc1. The lowest BCUT2D eigenvalue weighted by atomic mass is 9.94. The quantitative estimate of drug-likeness (QED) is 0.809. The van der Waals surface area contributed by atoms with Gasteiger partial charge >= 0.3 is 5.97 Å². The fourth-order valence-corrected chi connectivity index (χ4v) is 5.12. The molecule has 0 aromatic heterocycles. The molecule has 6 nitrogen and oxygen atoms in total. The summed E-state index contributed by atoms with van der Waals surface area (Å²) in [6.45, 7) is 5.45. The summed E-state index contributed by atoms with van der Waals surface area (Å²) < 4.78 is 32.5. The van der Waals surface area contributed by atoms with Crippen LogP contribution in [0, 0.1) is 6.92 Å². The number of nitrogens with zero attached hydrogens (tertiary/aromatic N) is 1. The first-order chi connectivity index (χ1) is 11.7. The Balaban J connectivity index is 2.54. The Kier molecular flexibility index (Phi) is 5.90. The number of carbonyl (C=O) groups excluding carboxylic acids is 1. The number of sulfonamides is 1. The number of esters is 1. The normalized spacial score (nSPS) is 22.1. The van der Waals surface area contributed by atoms with Crippen LogP contribution in [0.1, 0.15) is 38.7 Å². The first kappa shape index (κ1) is 19.5.